The van der Waals surface area contributed by atoms with Gasteiger partial charge in [-0.15, -0.1) is 0 Å². The fraction of sp³-hybridized carbons (Fsp3) is 0.455. The molecule has 5 nitrogen and oxygen atoms in total. The van der Waals surface area contributed by atoms with Crippen LogP contribution in [0.5, 0.6) is 11.5 Å². The molecule has 0 aliphatic heterocycles. The largest absolute Gasteiger partial charge is 0.490 e. The van der Waals surface area contributed by atoms with Gasteiger partial charge >= 0.3 is 0 Å². The Bertz CT molecular complexity index is 708. The Hall–Kier alpha value is -1.79. The minimum atomic E-state index is 0.171. The average molecular weight is 407 g/mol. The van der Waals surface area contributed by atoms with E-state index in [1.54, 1.807) is 0 Å². The van der Waals surface area contributed by atoms with Crippen molar-refractivity contribution in [3.8, 4) is 11.5 Å². The van der Waals surface area contributed by atoms with Gasteiger partial charge in [-0.3, -0.25) is 0 Å². The zero-order valence-corrected chi connectivity index (χ0v) is 17.5. The minimum absolute atomic E-state index is 0.171. The van der Waals surface area contributed by atoms with Crippen LogP contribution < -0.4 is 20.1 Å². The number of rotatable bonds is 13. The number of aliphatic hydroxyl groups excluding tert-OH is 1. The van der Waals surface area contributed by atoms with Crippen LogP contribution in [0.2, 0.25) is 5.02 Å². The Morgan fingerprint density at radius 2 is 1.71 bits per heavy atom. The van der Waals surface area contributed by atoms with Gasteiger partial charge in [0.15, 0.2) is 11.5 Å². The Balaban J connectivity index is 1.93. The summed E-state index contributed by atoms with van der Waals surface area (Å²) in [6, 6.07) is 12.1. The summed E-state index contributed by atoms with van der Waals surface area (Å²) in [7, 11) is 0. The lowest BCUT2D eigenvalue weighted by Crippen LogP contribution is -2.23. The monoisotopic (exact) mass is 406 g/mol. The van der Waals surface area contributed by atoms with Crippen molar-refractivity contribution in [1.29, 1.82) is 0 Å². The van der Waals surface area contributed by atoms with E-state index in [0.717, 1.165) is 30.6 Å². The van der Waals surface area contributed by atoms with Crippen molar-refractivity contribution in [2.75, 3.05) is 32.8 Å². The number of aliphatic hydroxyl groups is 1. The zero-order valence-electron chi connectivity index (χ0n) is 16.8. The summed E-state index contributed by atoms with van der Waals surface area (Å²) in [5, 5.41) is 15.9. The molecule has 3 N–H and O–H groups in total. The highest BCUT2D eigenvalue weighted by molar-refractivity contribution is 6.32. The third-order valence-corrected chi connectivity index (χ3v) is 4.48. The van der Waals surface area contributed by atoms with Crippen LogP contribution in [0.15, 0.2) is 36.4 Å². The number of hydrogen-bond acceptors (Lipinski definition) is 5. The molecule has 0 saturated heterocycles. The van der Waals surface area contributed by atoms with Crippen molar-refractivity contribution in [3.05, 3.63) is 58.1 Å². The molecule has 2 rings (SSSR count). The molecule has 28 heavy (non-hydrogen) atoms. The number of hydrogen-bond donors (Lipinski definition) is 3. The first kappa shape index (κ1) is 22.5. The predicted octanol–water partition coefficient (Wildman–Crippen LogP) is 3.69. The number of halogens is 1. The van der Waals surface area contributed by atoms with Crippen LogP contribution in [0.3, 0.4) is 0 Å². The van der Waals surface area contributed by atoms with E-state index in [2.05, 4.69) is 41.8 Å². The van der Waals surface area contributed by atoms with Gasteiger partial charge in [-0.1, -0.05) is 41.4 Å². The lowest BCUT2D eigenvalue weighted by molar-refractivity contribution is 0.269. The Labute approximate surface area is 173 Å². The number of ether oxygens (including phenoxy) is 2. The Kier molecular flexibility index (Phi) is 10.1. The molecule has 0 bridgehead atoms. The average Bonchev–Trinajstić information content (AvgIpc) is 2.68. The van der Waals surface area contributed by atoms with Gasteiger partial charge in [0.05, 0.1) is 18.2 Å². The third kappa shape index (κ3) is 7.68. The molecule has 0 aromatic heterocycles. The SMILES string of the molecule is CCOc1cc(CNCCCNCCO)cc(Cl)c1OCc1ccc(C)cc1. The molecule has 154 valence electrons. The van der Waals surface area contributed by atoms with E-state index in [1.807, 2.05) is 19.1 Å². The Morgan fingerprint density at radius 3 is 2.43 bits per heavy atom. The smallest absolute Gasteiger partial charge is 0.180 e. The van der Waals surface area contributed by atoms with Crippen molar-refractivity contribution < 1.29 is 14.6 Å². The molecule has 0 radical (unpaired) electrons. The lowest BCUT2D eigenvalue weighted by Gasteiger charge is -2.16. The van der Waals surface area contributed by atoms with E-state index in [4.69, 9.17) is 26.2 Å². The fourth-order valence-electron chi connectivity index (χ4n) is 2.74. The molecule has 0 unspecified atom stereocenters. The van der Waals surface area contributed by atoms with Gasteiger partial charge in [0.25, 0.3) is 0 Å². The summed E-state index contributed by atoms with van der Waals surface area (Å²) in [5.41, 5.74) is 3.36. The third-order valence-electron chi connectivity index (χ3n) is 4.20. The molecule has 0 spiro atoms. The van der Waals surface area contributed by atoms with E-state index in [1.165, 1.54) is 5.56 Å². The predicted molar refractivity (Wildman–Crippen MR) is 114 cm³/mol. The Morgan fingerprint density at radius 1 is 0.964 bits per heavy atom. The van der Waals surface area contributed by atoms with Crippen molar-refractivity contribution >= 4 is 11.6 Å². The van der Waals surface area contributed by atoms with Crippen LogP contribution >= 0.6 is 11.6 Å². The van der Waals surface area contributed by atoms with Gasteiger partial charge in [0, 0.05) is 13.1 Å². The number of aryl methyl sites for hydroxylation is 1. The standard InChI is InChI=1S/C22H31ClN2O3/c1-3-27-21-14-19(15-25-10-4-9-24-11-12-26)13-20(23)22(21)28-16-18-7-5-17(2)6-8-18/h5-8,13-14,24-26H,3-4,9-12,15-16H2,1-2H3. The summed E-state index contributed by atoms with van der Waals surface area (Å²) < 4.78 is 11.7. The van der Waals surface area contributed by atoms with Crippen LogP contribution in [0.4, 0.5) is 0 Å². The molecule has 0 aliphatic rings. The first-order valence-corrected chi connectivity index (χ1v) is 10.2. The molecular weight excluding hydrogens is 376 g/mol. The molecular formula is C22H31ClN2O3. The van der Waals surface area contributed by atoms with Crippen LogP contribution in [0.1, 0.15) is 30.0 Å². The van der Waals surface area contributed by atoms with Gasteiger partial charge < -0.3 is 25.2 Å². The van der Waals surface area contributed by atoms with Crippen molar-refractivity contribution in [1.82, 2.24) is 10.6 Å². The maximum absolute atomic E-state index is 8.74. The number of nitrogens with one attached hydrogen (secondary N) is 2. The highest BCUT2D eigenvalue weighted by Gasteiger charge is 2.13. The summed E-state index contributed by atoms with van der Waals surface area (Å²) in [5.74, 6) is 1.25. The van der Waals surface area contributed by atoms with E-state index < -0.39 is 0 Å². The second kappa shape index (κ2) is 12.6. The molecule has 0 atom stereocenters. The van der Waals surface area contributed by atoms with Crippen molar-refractivity contribution in [2.24, 2.45) is 0 Å². The molecule has 0 heterocycles. The normalized spacial score (nSPS) is 10.9. The second-order valence-corrected chi connectivity index (χ2v) is 7.02. The van der Waals surface area contributed by atoms with Gasteiger partial charge in [0.1, 0.15) is 6.61 Å². The molecule has 2 aromatic rings. The number of benzene rings is 2. The van der Waals surface area contributed by atoms with Crippen molar-refractivity contribution in [3.63, 3.8) is 0 Å². The van der Waals surface area contributed by atoms with Crippen LogP contribution in [-0.4, -0.2) is 38.0 Å². The maximum Gasteiger partial charge on any atom is 0.180 e. The van der Waals surface area contributed by atoms with Gasteiger partial charge in [-0.2, -0.15) is 0 Å². The van der Waals surface area contributed by atoms with Crippen molar-refractivity contribution in [2.45, 2.75) is 33.4 Å². The minimum Gasteiger partial charge on any atom is -0.490 e. The molecule has 6 heteroatoms. The molecule has 0 fully saturated rings. The maximum atomic E-state index is 8.74. The summed E-state index contributed by atoms with van der Waals surface area (Å²) in [6.45, 7) is 8.27. The van der Waals surface area contributed by atoms with E-state index >= 15 is 0 Å². The zero-order chi connectivity index (χ0) is 20.2. The molecule has 0 amide bonds. The molecule has 2 aromatic carbocycles. The van der Waals surface area contributed by atoms with E-state index in [9.17, 15) is 0 Å². The molecule has 0 aliphatic carbocycles. The summed E-state index contributed by atoms with van der Waals surface area (Å²) in [4.78, 5) is 0. The van der Waals surface area contributed by atoms with E-state index in [-0.39, 0.29) is 6.61 Å². The van der Waals surface area contributed by atoms with Gasteiger partial charge in [-0.05, 0) is 56.6 Å². The highest BCUT2D eigenvalue weighted by Crippen LogP contribution is 2.37. The van der Waals surface area contributed by atoms with Gasteiger partial charge in [0.2, 0.25) is 0 Å². The summed E-state index contributed by atoms with van der Waals surface area (Å²) >= 11 is 6.49. The van der Waals surface area contributed by atoms with Crippen LogP contribution in [0, 0.1) is 6.92 Å². The quantitative estimate of drug-likeness (QED) is 0.443. The molecule has 0 saturated carbocycles. The van der Waals surface area contributed by atoms with Crippen LogP contribution in [-0.2, 0) is 13.2 Å². The first-order valence-electron chi connectivity index (χ1n) is 9.80. The fourth-order valence-corrected chi connectivity index (χ4v) is 3.03. The highest BCUT2D eigenvalue weighted by atomic mass is 35.5. The topological polar surface area (TPSA) is 62.8 Å². The second-order valence-electron chi connectivity index (χ2n) is 6.62. The van der Waals surface area contributed by atoms with E-state index in [0.29, 0.717) is 42.8 Å². The van der Waals surface area contributed by atoms with Gasteiger partial charge in [-0.25, -0.2) is 0 Å². The summed E-state index contributed by atoms with van der Waals surface area (Å²) in [6.07, 6.45) is 0.990. The lowest BCUT2D eigenvalue weighted by atomic mass is 10.1. The van der Waals surface area contributed by atoms with Crippen LogP contribution in [0.25, 0.3) is 0 Å². The first-order chi connectivity index (χ1) is 13.6.